The monoisotopic (exact) mass is 324 g/mol. The Bertz CT molecular complexity index is 534. The number of carbonyl (C=O) groups is 2. The van der Waals surface area contributed by atoms with E-state index in [1.54, 1.807) is 21.1 Å². The number of imide groups is 1. The first kappa shape index (κ1) is 18.8. The molecule has 23 heavy (non-hydrogen) atoms. The molecule has 0 aliphatic carbocycles. The number of rotatable bonds is 8. The lowest BCUT2D eigenvalue weighted by atomic mass is 10.1. The van der Waals surface area contributed by atoms with E-state index in [9.17, 15) is 9.59 Å². The van der Waals surface area contributed by atoms with Crippen molar-refractivity contribution >= 4 is 11.9 Å². The molecular formula is C16H26N3O4+. The van der Waals surface area contributed by atoms with Crippen molar-refractivity contribution in [2.45, 2.75) is 13.3 Å². The summed E-state index contributed by atoms with van der Waals surface area (Å²) in [5, 5.41) is 4.82. The maximum Gasteiger partial charge on any atom is 0.321 e. The average Bonchev–Trinajstić information content (AvgIpc) is 2.52. The van der Waals surface area contributed by atoms with E-state index in [2.05, 4.69) is 10.6 Å². The Morgan fingerprint density at radius 1 is 1.17 bits per heavy atom. The van der Waals surface area contributed by atoms with Gasteiger partial charge in [-0.05, 0) is 24.6 Å². The van der Waals surface area contributed by atoms with Gasteiger partial charge in [-0.15, -0.1) is 0 Å². The Morgan fingerprint density at radius 3 is 2.48 bits per heavy atom. The first-order valence-corrected chi connectivity index (χ1v) is 7.60. The normalized spacial score (nSPS) is 11.5. The van der Waals surface area contributed by atoms with Gasteiger partial charge >= 0.3 is 6.03 Å². The molecule has 0 spiro atoms. The second-order valence-corrected chi connectivity index (χ2v) is 5.23. The quantitative estimate of drug-likeness (QED) is 0.608. The number of carbonyl (C=O) groups excluding carboxylic acids is 2. The first-order chi connectivity index (χ1) is 11.0. The van der Waals surface area contributed by atoms with Crippen LogP contribution in [-0.4, -0.2) is 52.8 Å². The summed E-state index contributed by atoms with van der Waals surface area (Å²) in [7, 11) is 5.12. The highest BCUT2D eigenvalue weighted by molar-refractivity contribution is 5.94. The van der Waals surface area contributed by atoms with Crippen molar-refractivity contribution in [2.75, 3.05) is 40.9 Å². The number of amides is 3. The molecule has 7 nitrogen and oxygen atoms in total. The van der Waals surface area contributed by atoms with Crippen LogP contribution < -0.4 is 25.0 Å². The van der Waals surface area contributed by atoms with Crippen LogP contribution in [0, 0.1) is 0 Å². The van der Waals surface area contributed by atoms with Crippen LogP contribution in [0.3, 0.4) is 0 Å². The minimum absolute atomic E-state index is 0.240. The van der Waals surface area contributed by atoms with Crippen molar-refractivity contribution in [3.63, 3.8) is 0 Å². The largest absolute Gasteiger partial charge is 0.493 e. The highest BCUT2D eigenvalue weighted by Crippen LogP contribution is 2.27. The van der Waals surface area contributed by atoms with E-state index in [4.69, 9.17) is 9.47 Å². The van der Waals surface area contributed by atoms with E-state index in [0.717, 1.165) is 23.4 Å². The van der Waals surface area contributed by atoms with Crippen molar-refractivity contribution in [2.24, 2.45) is 0 Å². The van der Waals surface area contributed by atoms with Crippen LogP contribution in [0.25, 0.3) is 0 Å². The highest BCUT2D eigenvalue weighted by atomic mass is 16.5. The second-order valence-electron chi connectivity index (χ2n) is 5.23. The molecule has 1 aromatic rings. The number of ether oxygens (including phenoxy) is 2. The Morgan fingerprint density at radius 2 is 1.87 bits per heavy atom. The van der Waals surface area contributed by atoms with E-state index in [-0.39, 0.29) is 12.5 Å². The molecule has 0 saturated heterocycles. The third kappa shape index (κ3) is 6.56. The summed E-state index contributed by atoms with van der Waals surface area (Å²) in [6, 6.07) is 5.32. The van der Waals surface area contributed by atoms with Crippen LogP contribution in [0.1, 0.15) is 12.5 Å². The lowest BCUT2D eigenvalue weighted by molar-refractivity contribution is -0.870. The van der Waals surface area contributed by atoms with Gasteiger partial charge in [0.25, 0.3) is 5.91 Å². The van der Waals surface area contributed by atoms with E-state index >= 15 is 0 Å². The van der Waals surface area contributed by atoms with Crippen LogP contribution in [0.15, 0.2) is 18.2 Å². The van der Waals surface area contributed by atoms with E-state index < -0.39 is 6.03 Å². The van der Waals surface area contributed by atoms with Crippen molar-refractivity contribution < 1.29 is 24.0 Å². The Kier molecular flexibility index (Phi) is 7.90. The van der Waals surface area contributed by atoms with Gasteiger partial charge in [0.15, 0.2) is 18.0 Å². The van der Waals surface area contributed by atoms with Crippen molar-refractivity contribution in [3.8, 4) is 11.5 Å². The Balaban J connectivity index is 2.45. The zero-order valence-electron chi connectivity index (χ0n) is 14.2. The minimum Gasteiger partial charge on any atom is -0.493 e. The zero-order chi connectivity index (χ0) is 17.2. The van der Waals surface area contributed by atoms with Crippen molar-refractivity contribution in [1.29, 1.82) is 0 Å². The molecule has 1 atom stereocenters. The number of likely N-dealkylation sites (N-methyl/N-ethyl adjacent to an activating group) is 1. The molecule has 1 aromatic carbocycles. The van der Waals surface area contributed by atoms with E-state index in [1.807, 2.05) is 25.2 Å². The average molecular weight is 324 g/mol. The minimum atomic E-state index is -0.454. The molecule has 0 fully saturated rings. The molecule has 1 rings (SSSR count). The number of methoxy groups -OCH3 is 2. The second kappa shape index (κ2) is 9.68. The van der Waals surface area contributed by atoms with Crippen molar-refractivity contribution in [1.82, 2.24) is 10.6 Å². The molecule has 0 aliphatic heterocycles. The Hall–Kier alpha value is -2.28. The molecule has 0 heterocycles. The molecule has 3 N–H and O–H groups in total. The fourth-order valence-electron chi connectivity index (χ4n) is 2.13. The number of benzene rings is 1. The van der Waals surface area contributed by atoms with Gasteiger partial charge in [0.05, 0.1) is 27.8 Å². The lowest BCUT2D eigenvalue weighted by Crippen LogP contribution is -3.10. The third-order valence-electron chi connectivity index (χ3n) is 3.34. The maximum atomic E-state index is 11.7. The standard InChI is InChI=1S/C16H25N3O4/c1-5-17-16(21)18-15(20)11-19(2)9-8-12-6-7-13(22-3)14(10-12)23-4/h6-7,10H,5,8-9,11H2,1-4H3,(H2,17,18,20,21)/p+1. The number of hydrogen-bond donors (Lipinski definition) is 3. The summed E-state index contributed by atoms with van der Waals surface area (Å²) in [5.41, 5.74) is 1.10. The van der Waals surface area contributed by atoms with Crippen LogP contribution >= 0.6 is 0 Å². The molecule has 0 saturated carbocycles. The molecule has 3 amide bonds. The lowest BCUT2D eigenvalue weighted by Gasteiger charge is -2.14. The van der Waals surface area contributed by atoms with E-state index in [1.165, 1.54) is 0 Å². The van der Waals surface area contributed by atoms with Gasteiger partial charge in [0.2, 0.25) is 0 Å². The molecule has 0 aliphatic rings. The topological polar surface area (TPSA) is 81.1 Å². The Labute approximate surface area is 136 Å². The summed E-state index contributed by atoms with van der Waals surface area (Å²) in [4.78, 5) is 24.0. The molecular weight excluding hydrogens is 298 g/mol. The predicted molar refractivity (Wildman–Crippen MR) is 87.1 cm³/mol. The predicted octanol–water partition coefficient (Wildman–Crippen LogP) is -0.393. The SMILES string of the molecule is CCNC(=O)NC(=O)C[NH+](C)CCc1ccc(OC)c(OC)c1. The molecule has 1 unspecified atom stereocenters. The van der Waals surface area contributed by atoms with Gasteiger partial charge in [0.1, 0.15) is 0 Å². The van der Waals surface area contributed by atoms with Crippen LogP contribution in [0.2, 0.25) is 0 Å². The van der Waals surface area contributed by atoms with E-state index in [0.29, 0.717) is 18.0 Å². The fraction of sp³-hybridized carbons (Fsp3) is 0.500. The smallest absolute Gasteiger partial charge is 0.321 e. The van der Waals surface area contributed by atoms with Gasteiger partial charge in [-0.3, -0.25) is 10.1 Å². The maximum absolute atomic E-state index is 11.7. The molecule has 7 heteroatoms. The van der Waals surface area contributed by atoms with Crippen LogP contribution in [0.5, 0.6) is 11.5 Å². The number of quaternary nitrogens is 1. The van der Waals surface area contributed by atoms with Gasteiger partial charge in [-0.25, -0.2) is 4.79 Å². The fourth-order valence-corrected chi connectivity index (χ4v) is 2.13. The summed E-state index contributed by atoms with van der Waals surface area (Å²) in [6.45, 7) is 3.29. The van der Waals surface area contributed by atoms with Gasteiger partial charge in [-0.1, -0.05) is 6.07 Å². The van der Waals surface area contributed by atoms with Crippen molar-refractivity contribution in [3.05, 3.63) is 23.8 Å². The van der Waals surface area contributed by atoms with Crippen LogP contribution in [-0.2, 0) is 11.2 Å². The highest BCUT2D eigenvalue weighted by Gasteiger charge is 2.13. The summed E-state index contributed by atoms with van der Waals surface area (Å²) < 4.78 is 10.5. The van der Waals surface area contributed by atoms with Gasteiger partial charge in [0, 0.05) is 13.0 Å². The van der Waals surface area contributed by atoms with Crippen LogP contribution in [0.4, 0.5) is 4.79 Å². The third-order valence-corrected chi connectivity index (χ3v) is 3.34. The first-order valence-electron chi connectivity index (χ1n) is 7.60. The number of nitrogens with one attached hydrogen (secondary N) is 3. The molecule has 0 radical (unpaired) electrons. The molecule has 0 bridgehead atoms. The molecule has 0 aromatic heterocycles. The summed E-state index contributed by atoms with van der Waals surface area (Å²) in [5.74, 6) is 1.09. The molecule has 128 valence electrons. The van der Waals surface area contributed by atoms with Gasteiger partial charge in [-0.2, -0.15) is 0 Å². The number of hydrogen-bond acceptors (Lipinski definition) is 4. The summed E-state index contributed by atoms with van der Waals surface area (Å²) in [6.07, 6.45) is 0.792. The number of urea groups is 1. The zero-order valence-corrected chi connectivity index (χ0v) is 14.2. The summed E-state index contributed by atoms with van der Waals surface area (Å²) >= 11 is 0. The van der Waals surface area contributed by atoms with Gasteiger partial charge < -0.3 is 19.7 Å².